The van der Waals surface area contributed by atoms with Gasteiger partial charge in [0, 0.05) is 28.7 Å². The van der Waals surface area contributed by atoms with Crippen molar-refractivity contribution in [3.63, 3.8) is 0 Å². The molecular weight excluding hydrogens is 308 g/mol. The molecule has 1 N–H and O–H groups in total. The van der Waals surface area contributed by atoms with E-state index < -0.39 is 0 Å². The van der Waals surface area contributed by atoms with Gasteiger partial charge in [0.2, 0.25) is 0 Å². The van der Waals surface area contributed by atoms with Crippen LogP contribution < -0.4 is 5.56 Å². The number of piperidine rings is 1. The monoisotopic (exact) mass is 326 g/mol. The minimum atomic E-state index is -0.124. The number of fused-ring (bicyclic) bond motifs is 3. The number of para-hydroxylation sites is 1. The zero-order chi connectivity index (χ0) is 16.0. The number of amides is 1. The van der Waals surface area contributed by atoms with Gasteiger partial charge >= 0.3 is 0 Å². The van der Waals surface area contributed by atoms with Crippen molar-refractivity contribution in [1.29, 1.82) is 0 Å². The highest BCUT2D eigenvalue weighted by Crippen LogP contribution is 2.31. The predicted octanol–water partition coefficient (Wildman–Crippen LogP) is 3.61. The van der Waals surface area contributed by atoms with Gasteiger partial charge in [-0.15, -0.1) is 11.3 Å². The second-order valence-corrected chi connectivity index (χ2v) is 7.40. The molecule has 23 heavy (non-hydrogen) atoms. The molecule has 3 aromatic rings. The average molecular weight is 326 g/mol. The molecule has 1 fully saturated rings. The molecule has 3 heterocycles. The number of benzene rings is 1. The van der Waals surface area contributed by atoms with Gasteiger partial charge in [-0.2, -0.15) is 0 Å². The summed E-state index contributed by atoms with van der Waals surface area (Å²) in [5.41, 5.74) is 0.693. The van der Waals surface area contributed by atoms with Crippen molar-refractivity contribution in [2.75, 3.05) is 13.1 Å². The molecule has 0 saturated carbocycles. The van der Waals surface area contributed by atoms with Crippen LogP contribution in [0.3, 0.4) is 0 Å². The summed E-state index contributed by atoms with van der Waals surface area (Å²) >= 11 is 1.43. The Morgan fingerprint density at radius 1 is 1.30 bits per heavy atom. The Hall–Kier alpha value is -2.14. The van der Waals surface area contributed by atoms with E-state index in [1.807, 2.05) is 29.2 Å². The summed E-state index contributed by atoms with van der Waals surface area (Å²) in [6.07, 6.45) is 2.24. The molecule has 1 aliphatic rings. The average Bonchev–Trinajstić information content (AvgIpc) is 3.00. The lowest BCUT2D eigenvalue weighted by molar-refractivity contribution is 0.0688. The minimum absolute atomic E-state index is 0.0567. The van der Waals surface area contributed by atoms with Gasteiger partial charge in [0.25, 0.3) is 11.5 Å². The van der Waals surface area contributed by atoms with Crippen molar-refractivity contribution in [3.05, 3.63) is 45.6 Å². The third-order valence-corrected chi connectivity index (χ3v) is 5.71. The minimum Gasteiger partial charge on any atom is -0.338 e. The third kappa shape index (κ3) is 2.45. The Morgan fingerprint density at radius 2 is 2.13 bits per heavy atom. The number of nitrogens with one attached hydrogen (secondary N) is 1. The zero-order valence-corrected chi connectivity index (χ0v) is 13.8. The Balaban J connectivity index is 1.82. The van der Waals surface area contributed by atoms with Crippen molar-refractivity contribution in [1.82, 2.24) is 9.88 Å². The number of pyridine rings is 1. The first kappa shape index (κ1) is 14.5. The highest BCUT2D eigenvalue weighted by Gasteiger charge is 2.24. The maximum atomic E-state index is 12.8. The predicted molar refractivity (Wildman–Crippen MR) is 94.3 cm³/mol. The number of nitrogens with zero attached hydrogens (tertiary/aromatic N) is 1. The zero-order valence-electron chi connectivity index (χ0n) is 13.0. The topological polar surface area (TPSA) is 53.2 Å². The number of aromatic amines is 1. The number of carbonyl (C=O) groups is 1. The van der Waals surface area contributed by atoms with Crippen molar-refractivity contribution in [2.45, 2.75) is 19.8 Å². The van der Waals surface area contributed by atoms with Gasteiger partial charge < -0.3 is 9.88 Å². The molecule has 5 heteroatoms. The van der Waals surface area contributed by atoms with Crippen molar-refractivity contribution < 1.29 is 4.79 Å². The largest absolute Gasteiger partial charge is 0.338 e. The van der Waals surface area contributed by atoms with Gasteiger partial charge in [-0.3, -0.25) is 9.59 Å². The molecule has 0 spiro atoms. The van der Waals surface area contributed by atoms with E-state index in [2.05, 4.69) is 11.9 Å². The lowest BCUT2D eigenvalue weighted by atomic mass is 10.0. The maximum absolute atomic E-state index is 12.8. The van der Waals surface area contributed by atoms with Crippen LogP contribution in [0.4, 0.5) is 0 Å². The Bertz CT molecular complexity index is 956. The van der Waals surface area contributed by atoms with Crippen LogP contribution in [-0.4, -0.2) is 28.9 Å². The first-order valence-corrected chi connectivity index (χ1v) is 8.79. The highest BCUT2D eigenvalue weighted by molar-refractivity contribution is 7.21. The van der Waals surface area contributed by atoms with E-state index in [-0.39, 0.29) is 11.5 Å². The van der Waals surface area contributed by atoms with Gasteiger partial charge in [0.05, 0.1) is 10.3 Å². The molecule has 1 atom stereocenters. The van der Waals surface area contributed by atoms with Crippen molar-refractivity contribution >= 4 is 38.2 Å². The summed E-state index contributed by atoms with van der Waals surface area (Å²) in [6, 6.07) is 9.49. The van der Waals surface area contributed by atoms with Crippen LogP contribution in [0.1, 0.15) is 29.4 Å². The van der Waals surface area contributed by atoms with Gasteiger partial charge in [0.1, 0.15) is 0 Å². The fourth-order valence-electron chi connectivity index (χ4n) is 3.37. The maximum Gasteiger partial charge on any atom is 0.263 e. The molecule has 1 aliphatic heterocycles. The molecule has 0 unspecified atom stereocenters. The summed E-state index contributed by atoms with van der Waals surface area (Å²) in [6.45, 7) is 3.81. The van der Waals surface area contributed by atoms with Crippen LogP contribution in [0, 0.1) is 5.92 Å². The van der Waals surface area contributed by atoms with Crippen molar-refractivity contribution in [2.24, 2.45) is 5.92 Å². The van der Waals surface area contributed by atoms with E-state index in [1.54, 1.807) is 6.07 Å². The number of thiophene rings is 1. The lowest BCUT2D eigenvalue weighted by Crippen LogP contribution is -2.38. The number of likely N-dealkylation sites (tertiary alicyclic amines) is 1. The number of carbonyl (C=O) groups excluding carboxylic acids is 1. The molecule has 0 bridgehead atoms. The Morgan fingerprint density at radius 3 is 2.96 bits per heavy atom. The van der Waals surface area contributed by atoms with Gasteiger partial charge in [-0.25, -0.2) is 0 Å². The summed E-state index contributed by atoms with van der Waals surface area (Å²) in [4.78, 5) is 30.6. The summed E-state index contributed by atoms with van der Waals surface area (Å²) in [5.74, 6) is 0.604. The number of rotatable bonds is 1. The number of aromatic nitrogens is 1. The van der Waals surface area contributed by atoms with Crippen LogP contribution in [0.2, 0.25) is 0 Å². The number of hydrogen-bond donors (Lipinski definition) is 1. The first-order valence-electron chi connectivity index (χ1n) is 7.97. The molecule has 4 nitrogen and oxygen atoms in total. The molecular formula is C18H18N2O2S. The third-order valence-electron chi connectivity index (χ3n) is 4.55. The van der Waals surface area contributed by atoms with Crippen LogP contribution in [0.15, 0.2) is 35.1 Å². The van der Waals surface area contributed by atoms with Crippen LogP contribution in [0.25, 0.3) is 21.0 Å². The van der Waals surface area contributed by atoms with Gasteiger partial charge in [-0.05, 0) is 30.9 Å². The Kier molecular flexibility index (Phi) is 3.45. The Labute approximate surface area is 137 Å². The van der Waals surface area contributed by atoms with Crippen LogP contribution >= 0.6 is 11.3 Å². The van der Waals surface area contributed by atoms with Gasteiger partial charge in [0.15, 0.2) is 0 Å². The quantitative estimate of drug-likeness (QED) is 0.742. The lowest BCUT2D eigenvalue weighted by Gasteiger charge is -2.30. The highest BCUT2D eigenvalue weighted by atomic mass is 32.1. The fraction of sp³-hybridized carbons (Fsp3) is 0.333. The van der Waals surface area contributed by atoms with Crippen LogP contribution in [-0.2, 0) is 0 Å². The smallest absolute Gasteiger partial charge is 0.263 e. The van der Waals surface area contributed by atoms with E-state index in [0.29, 0.717) is 16.2 Å². The number of H-pyrrole nitrogens is 1. The molecule has 1 saturated heterocycles. The summed E-state index contributed by atoms with van der Waals surface area (Å²) in [5, 5.41) is 1.61. The summed E-state index contributed by atoms with van der Waals surface area (Å²) in [7, 11) is 0. The second-order valence-electron chi connectivity index (χ2n) is 6.35. The molecule has 0 radical (unpaired) electrons. The van der Waals surface area contributed by atoms with E-state index in [0.717, 1.165) is 35.1 Å². The van der Waals surface area contributed by atoms with Crippen LogP contribution in [0.5, 0.6) is 0 Å². The molecule has 1 amide bonds. The van der Waals surface area contributed by atoms with Gasteiger partial charge in [-0.1, -0.05) is 25.1 Å². The standard InChI is InChI=1S/C18H18N2O2S/c1-11-5-4-8-20(10-11)18(22)15-9-13-16(23-15)12-6-2-3-7-14(12)19-17(13)21/h2-3,6-7,9,11H,4-5,8,10H2,1H3,(H,19,21)/t11-/m1/s1. The second kappa shape index (κ2) is 5.49. The van der Waals surface area contributed by atoms with E-state index in [1.165, 1.54) is 17.8 Å². The molecule has 0 aliphatic carbocycles. The van der Waals surface area contributed by atoms with E-state index >= 15 is 0 Å². The van der Waals surface area contributed by atoms with E-state index in [4.69, 9.17) is 0 Å². The molecule has 1 aromatic carbocycles. The first-order chi connectivity index (χ1) is 11.1. The fourth-order valence-corrected chi connectivity index (χ4v) is 4.54. The summed E-state index contributed by atoms with van der Waals surface area (Å²) < 4.78 is 0.901. The normalized spacial score (nSPS) is 18.7. The molecule has 2 aromatic heterocycles. The molecule has 4 rings (SSSR count). The molecule has 118 valence electrons. The number of hydrogen-bond acceptors (Lipinski definition) is 3. The van der Waals surface area contributed by atoms with Crippen molar-refractivity contribution in [3.8, 4) is 0 Å². The SMILES string of the molecule is C[C@@H]1CCCN(C(=O)c2cc3c(=O)[nH]c4ccccc4c3s2)C1. The van der Waals surface area contributed by atoms with E-state index in [9.17, 15) is 9.59 Å².